The maximum atomic E-state index is 8.91. The molecule has 0 amide bonds. The van der Waals surface area contributed by atoms with Crippen molar-refractivity contribution in [2.75, 3.05) is 0 Å². The second-order valence-corrected chi connectivity index (χ2v) is 4.52. The summed E-state index contributed by atoms with van der Waals surface area (Å²) < 4.78 is 5.50. The van der Waals surface area contributed by atoms with Gasteiger partial charge >= 0.3 is 0 Å². The van der Waals surface area contributed by atoms with Crippen molar-refractivity contribution in [2.45, 2.75) is 51.9 Å². The third-order valence-corrected chi connectivity index (χ3v) is 2.89. The van der Waals surface area contributed by atoms with E-state index in [1.165, 1.54) is 12.8 Å². The topological polar surface area (TPSA) is 36.6 Å². The fourth-order valence-electron chi connectivity index (χ4n) is 1.91. The molecule has 3 heteroatoms. The highest BCUT2D eigenvalue weighted by molar-refractivity contribution is 5.07. The van der Waals surface area contributed by atoms with Crippen LogP contribution in [0.2, 0.25) is 0 Å². The van der Waals surface area contributed by atoms with Crippen molar-refractivity contribution < 1.29 is 9.52 Å². The van der Waals surface area contributed by atoms with Crippen LogP contribution in [-0.2, 0) is 13.2 Å². The van der Waals surface area contributed by atoms with Crippen LogP contribution in [0, 0.1) is 0 Å². The summed E-state index contributed by atoms with van der Waals surface area (Å²) in [5.74, 6) is 1.61. The first-order chi connectivity index (χ1) is 7.20. The third-order valence-electron chi connectivity index (χ3n) is 2.89. The summed E-state index contributed by atoms with van der Waals surface area (Å²) >= 11 is 0. The summed E-state index contributed by atoms with van der Waals surface area (Å²) in [7, 11) is 0. The van der Waals surface area contributed by atoms with Crippen LogP contribution in [0.4, 0.5) is 0 Å². The van der Waals surface area contributed by atoms with E-state index in [-0.39, 0.29) is 6.61 Å². The van der Waals surface area contributed by atoms with Crippen LogP contribution in [0.1, 0.15) is 38.2 Å². The van der Waals surface area contributed by atoms with Crippen LogP contribution >= 0.6 is 0 Å². The van der Waals surface area contributed by atoms with Gasteiger partial charge in [-0.3, -0.25) is 4.90 Å². The van der Waals surface area contributed by atoms with Crippen molar-refractivity contribution in [1.82, 2.24) is 4.90 Å². The fraction of sp³-hybridized carbons (Fsp3) is 0.667. The zero-order chi connectivity index (χ0) is 10.8. The zero-order valence-electron chi connectivity index (χ0n) is 9.44. The highest BCUT2D eigenvalue weighted by Crippen LogP contribution is 2.30. The van der Waals surface area contributed by atoms with Crippen molar-refractivity contribution in [3.05, 3.63) is 23.7 Å². The van der Waals surface area contributed by atoms with Crippen LogP contribution < -0.4 is 0 Å². The predicted octanol–water partition coefficient (Wildman–Crippen LogP) is 2.14. The Hall–Kier alpha value is -0.800. The second kappa shape index (κ2) is 4.37. The van der Waals surface area contributed by atoms with Crippen molar-refractivity contribution in [1.29, 1.82) is 0 Å². The maximum absolute atomic E-state index is 8.91. The number of nitrogens with zero attached hydrogens (tertiary/aromatic N) is 1. The number of hydrogen-bond donors (Lipinski definition) is 1. The first-order valence-electron chi connectivity index (χ1n) is 5.65. The minimum atomic E-state index is -0.00882. The Balaban J connectivity index is 1.98. The van der Waals surface area contributed by atoms with E-state index in [0.29, 0.717) is 11.8 Å². The van der Waals surface area contributed by atoms with E-state index in [1.807, 2.05) is 12.1 Å². The van der Waals surface area contributed by atoms with Crippen molar-refractivity contribution in [3.63, 3.8) is 0 Å². The molecule has 15 heavy (non-hydrogen) atoms. The lowest BCUT2D eigenvalue weighted by molar-refractivity contribution is 0.179. The summed E-state index contributed by atoms with van der Waals surface area (Å²) in [6.07, 6.45) is 2.62. The predicted molar refractivity (Wildman–Crippen MR) is 58.3 cm³/mol. The third kappa shape index (κ3) is 2.61. The van der Waals surface area contributed by atoms with E-state index in [2.05, 4.69) is 18.7 Å². The second-order valence-electron chi connectivity index (χ2n) is 4.52. The van der Waals surface area contributed by atoms with E-state index in [0.717, 1.165) is 18.3 Å². The van der Waals surface area contributed by atoms with E-state index in [9.17, 15) is 0 Å². The van der Waals surface area contributed by atoms with Gasteiger partial charge in [0.05, 0.1) is 6.54 Å². The summed E-state index contributed by atoms with van der Waals surface area (Å²) in [6, 6.07) is 5.11. The average molecular weight is 209 g/mol. The Labute approximate surface area is 90.7 Å². The van der Waals surface area contributed by atoms with Crippen LogP contribution in [0.25, 0.3) is 0 Å². The van der Waals surface area contributed by atoms with Crippen molar-refractivity contribution in [3.8, 4) is 0 Å². The molecule has 0 saturated heterocycles. The molecule has 1 aromatic rings. The summed E-state index contributed by atoms with van der Waals surface area (Å²) in [5, 5.41) is 8.91. The minimum absolute atomic E-state index is 0.00882. The van der Waals surface area contributed by atoms with Gasteiger partial charge in [0.1, 0.15) is 18.1 Å². The molecule has 84 valence electrons. The van der Waals surface area contributed by atoms with Gasteiger partial charge in [-0.2, -0.15) is 0 Å². The van der Waals surface area contributed by atoms with Crippen LogP contribution in [0.3, 0.4) is 0 Å². The van der Waals surface area contributed by atoms with Crippen LogP contribution in [0.15, 0.2) is 16.5 Å². The van der Waals surface area contributed by atoms with E-state index in [4.69, 9.17) is 9.52 Å². The Morgan fingerprint density at radius 2 is 2.07 bits per heavy atom. The van der Waals surface area contributed by atoms with Gasteiger partial charge in [-0.25, -0.2) is 0 Å². The van der Waals surface area contributed by atoms with Crippen LogP contribution in [-0.4, -0.2) is 22.1 Å². The molecule has 1 N–H and O–H groups in total. The number of aliphatic hydroxyl groups is 1. The van der Waals surface area contributed by atoms with E-state index >= 15 is 0 Å². The Morgan fingerprint density at radius 3 is 2.53 bits per heavy atom. The molecule has 0 unspecified atom stereocenters. The Bertz CT molecular complexity index is 313. The number of aliphatic hydroxyl groups excluding tert-OH is 1. The molecule has 0 atom stereocenters. The van der Waals surface area contributed by atoms with E-state index in [1.54, 1.807) is 0 Å². The van der Waals surface area contributed by atoms with Gasteiger partial charge < -0.3 is 9.52 Å². The standard InChI is InChI=1S/C12H19NO2/c1-9(2)13(10-3-4-10)7-11-5-6-12(8-14)15-11/h5-6,9-10,14H,3-4,7-8H2,1-2H3. The van der Waals surface area contributed by atoms with Gasteiger partial charge in [0, 0.05) is 12.1 Å². The highest BCUT2D eigenvalue weighted by Gasteiger charge is 2.31. The van der Waals surface area contributed by atoms with Gasteiger partial charge in [0.15, 0.2) is 0 Å². The molecule has 1 aliphatic carbocycles. The monoisotopic (exact) mass is 209 g/mol. The highest BCUT2D eigenvalue weighted by atomic mass is 16.4. The molecule has 1 aromatic heterocycles. The Morgan fingerprint density at radius 1 is 1.40 bits per heavy atom. The number of hydrogen-bond acceptors (Lipinski definition) is 3. The van der Waals surface area contributed by atoms with Gasteiger partial charge in [-0.15, -0.1) is 0 Å². The summed E-state index contributed by atoms with van der Waals surface area (Å²) in [5.41, 5.74) is 0. The van der Waals surface area contributed by atoms with Gasteiger partial charge in [0.25, 0.3) is 0 Å². The number of furan rings is 1. The SMILES string of the molecule is CC(C)N(Cc1ccc(CO)o1)C1CC1. The lowest BCUT2D eigenvalue weighted by Crippen LogP contribution is -2.32. The molecule has 3 nitrogen and oxygen atoms in total. The molecule has 1 aliphatic rings. The minimum Gasteiger partial charge on any atom is -0.462 e. The molecule has 1 heterocycles. The van der Waals surface area contributed by atoms with Crippen molar-refractivity contribution in [2.24, 2.45) is 0 Å². The molecular weight excluding hydrogens is 190 g/mol. The summed E-state index contributed by atoms with van der Waals surface area (Å²) in [4.78, 5) is 2.46. The largest absolute Gasteiger partial charge is 0.462 e. The molecule has 2 rings (SSSR count). The molecule has 0 aromatic carbocycles. The fourth-order valence-corrected chi connectivity index (χ4v) is 1.91. The molecule has 0 spiro atoms. The molecule has 1 saturated carbocycles. The Kier molecular flexibility index (Phi) is 3.12. The van der Waals surface area contributed by atoms with Gasteiger partial charge in [0.2, 0.25) is 0 Å². The molecular formula is C12H19NO2. The first-order valence-corrected chi connectivity index (χ1v) is 5.65. The quantitative estimate of drug-likeness (QED) is 0.807. The zero-order valence-corrected chi connectivity index (χ0v) is 9.44. The lowest BCUT2D eigenvalue weighted by atomic mass is 10.3. The summed E-state index contributed by atoms with van der Waals surface area (Å²) in [6.45, 7) is 5.29. The maximum Gasteiger partial charge on any atom is 0.129 e. The molecule has 1 fully saturated rings. The average Bonchev–Trinajstić information content (AvgIpc) is 2.94. The first kappa shape index (κ1) is 10.7. The lowest BCUT2D eigenvalue weighted by Gasteiger charge is -2.25. The van der Waals surface area contributed by atoms with Crippen LogP contribution in [0.5, 0.6) is 0 Å². The smallest absolute Gasteiger partial charge is 0.129 e. The van der Waals surface area contributed by atoms with Gasteiger partial charge in [-0.1, -0.05) is 0 Å². The molecule has 0 aliphatic heterocycles. The van der Waals surface area contributed by atoms with E-state index < -0.39 is 0 Å². The van der Waals surface area contributed by atoms with Crippen molar-refractivity contribution >= 4 is 0 Å². The molecule has 0 bridgehead atoms. The van der Waals surface area contributed by atoms with Gasteiger partial charge in [-0.05, 0) is 38.8 Å². The normalized spacial score (nSPS) is 16.6. The number of rotatable bonds is 5. The molecule has 0 radical (unpaired) electrons.